The van der Waals surface area contributed by atoms with Gasteiger partial charge in [-0.1, -0.05) is 30.3 Å². The van der Waals surface area contributed by atoms with Crippen LogP contribution in [0.5, 0.6) is 0 Å². The van der Waals surface area contributed by atoms with Crippen molar-refractivity contribution in [3.8, 4) is 0 Å². The summed E-state index contributed by atoms with van der Waals surface area (Å²) in [5.41, 5.74) is 1.98. The van der Waals surface area contributed by atoms with Crippen molar-refractivity contribution in [1.82, 2.24) is 4.90 Å². The van der Waals surface area contributed by atoms with Crippen molar-refractivity contribution in [2.24, 2.45) is 0 Å². The molecule has 0 bridgehead atoms. The van der Waals surface area contributed by atoms with Crippen LogP contribution in [0.3, 0.4) is 0 Å². The van der Waals surface area contributed by atoms with Crippen LogP contribution < -0.4 is 0 Å². The average Bonchev–Trinajstić information content (AvgIpc) is 2.55. The van der Waals surface area contributed by atoms with Crippen molar-refractivity contribution in [2.75, 3.05) is 26.2 Å². The van der Waals surface area contributed by atoms with Gasteiger partial charge in [0.15, 0.2) is 0 Å². The molecule has 3 nitrogen and oxygen atoms in total. The molecule has 0 aromatic heterocycles. The van der Waals surface area contributed by atoms with E-state index in [2.05, 4.69) is 0 Å². The monoisotopic (exact) mass is 333 g/mol. The molecule has 0 spiro atoms. The third kappa shape index (κ3) is 3.64. The minimum Gasteiger partial charge on any atom is -0.387 e. The summed E-state index contributed by atoms with van der Waals surface area (Å²) in [7, 11) is 0. The van der Waals surface area contributed by atoms with Crippen LogP contribution in [0, 0.1) is 18.6 Å². The van der Waals surface area contributed by atoms with Gasteiger partial charge in [0.25, 0.3) is 0 Å². The average molecular weight is 333 g/mol. The lowest BCUT2D eigenvalue weighted by molar-refractivity contribution is -0.0432. The van der Waals surface area contributed by atoms with E-state index in [1.165, 1.54) is 6.07 Å². The van der Waals surface area contributed by atoms with Crippen LogP contribution in [0.25, 0.3) is 0 Å². The van der Waals surface area contributed by atoms with Crippen LogP contribution in [-0.2, 0) is 4.74 Å². The Morgan fingerprint density at radius 3 is 2.58 bits per heavy atom. The molecule has 0 amide bonds. The number of nitrogens with zero attached hydrogens (tertiary/aromatic N) is 1. The number of β-amino-alcohol motifs (C(OH)–C–C–N with tert-alkyl or cyclic N) is 1. The van der Waals surface area contributed by atoms with E-state index in [1.807, 2.05) is 36.1 Å². The maximum atomic E-state index is 13.8. The molecule has 1 aliphatic rings. The smallest absolute Gasteiger partial charge is 0.131 e. The topological polar surface area (TPSA) is 32.7 Å². The highest BCUT2D eigenvalue weighted by atomic mass is 19.1. The molecule has 1 N–H and O–H groups in total. The second-order valence-corrected chi connectivity index (χ2v) is 6.13. The predicted octanol–water partition coefficient (Wildman–Crippen LogP) is 3.38. The predicted molar refractivity (Wildman–Crippen MR) is 87.6 cm³/mol. The van der Waals surface area contributed by atoms with Crippen LogP contribution >= 0.6 is 0 Å². The first-order valence-corrected chi connectivity index (χ1v) is 8.07. The Balaban J connectivity index is 1.71. The van der Waals surface area contributed by atoms with Gasteiger partial charge >= 0.3 is 0 Å². The molecular formula is C19H21F2NO2. The molecule has 2 aromatic rings. The van der Waals surface area contributed by atoms with Crippen molar-refractivity contribution >= 4 is 0 Å². The summed E-state index contributed by atoms with van der Waals surface area (Å²) < 4.78 is 33.5. The summed E-state index contributed by atoms with van der Waals surface area (Å²) >= 11 is 0. The third-order valence-corrected chi connectivity index (χ3v) is 4.45. The van der Waals surface area contributed by atoms with Gasteiger partial charge in [-0.2, -0.15) is 0 Å². The number of benzene rings is 2. The molecule has 1 aliphatic heterocycles. The molecule has 5 heteroatoms. The summed E-state index contributed by atoms with van der Waals surface area (Å²) in [6, 6.07) is 11.6. The zero-order valence-electron chi connectivity index (χ0n) is 13.6. The minimum absolute atomic E-state index is 0.0994. The first-order valence-electron chi connectivity index (χ1n) is 8.07. The van der Waals surface area contributed by atoms with Gasteiger partial charge in [0, 0.05) is 19.6 Å². The number of hydrogen-bond acceptors (Lipinski definition) is 3. The van der Waals surface area contributed by atoms with Gasteiger partial charge in [-0.15, -0.1) is 0 Å². The Hall–Kier alpha value is -1.82. The molecule has 0 saturated carbocycles. The lowest BCUT2D eigenvalue weighted by Gasteiger charge is -2.35. The molecule has 1 fully saturated rings. The normalized spacial score (nSPS) is 20.1. The minimum atomic E-state index is -1.21. The van der Waals surface area contributed by atoms with Crippen molar-refractivity contribution in [2.45, 2.75) is 19.1 Å². The molecule has 24 heavy (non-hydrogen) atoms. The van der Waals surface area contributed by atoms with Crippen LogP contribution in [0.1, 0.15) is 28.9 Å². The fourth-order valence-corrected chi connectivity index (χ4v) is 3.17. The van der Waals surface area contributed by atoms with E-state index in [0.717, 1.165) is 23.3 Å². The summed E-state index contributed by atoms with van der Waals surface area (Å²) in [5, 5.41) is 10.3. The van der Waals surface area contributed by atoms with Gasteiger partial charge in [0.1, 0.15) is 11.6 Å². The lowest BCUT2D eigenvalue weighted by atomic mass is 10.0. The number of morpholine rings is 1. The Kier molecular flexibility index (Phi) is 5.23. The van der Waals surface area contributed by atoms with E-state index in [4.69, 9.17) is 4.74 Å². The molecule has 0 radical (unpaired) electrons. The largest absolute Gasteiger partial charge is 0.387 e. The molecule has 1 saturated heterocycles. The van der Waals surface area contributed by atoms with Crippen molar-refractivity contribution in [3.05, 3.63) is 70.8 Å². The highest BCUT2D eigenvalue weighted by Crippen LogP contribution is 2.27. The van der Waals surface area contributed by atoms with Crippen molar-refractivity contribution in [1.29, 1.82) is 0 Å². The zero-order valence-corrected chi connectivity index (χ0v) is 13.6. The SMILES string of the molecule is Cc1ccccc1C1CN(CC(O)c2c(F)cccc2F)CCO1. The van der Waals surface area contributed by atoms with E-state index < -0.39 is 17.7 Å². The number of ether oxygens (including phenoxy) is 1. The number of rotatable bonds is 4. The van der Waals surface area contributed by atoms with Gasteiger partial charge in [-0.3, -0.25) is 4.90 Å². The standard InChI is InChI=1S/C19H21F2NO2/c1-13-5-2-3-6-14(13)18-12-22(9-10-24-18)11-17(23)19-15(20)7-4-8-16(19)21/h2-8,17-18,23H,9-12H2,1H3. The number of aryl methyl sites for hydroxylation is 1. The Bertz CT molecular complexity index is 687. The summed E-state index contributed by atoms with van der Waals surface area (Å²) in [5.74, 6) is -1.43. The molecule has 2 unspecified atom stereocenters. The van der Waals surface area contributed by atoms with E-state index in [0.29, 0.717) is 19.7 Å². The number of aliphatic hydroxyl groups excluding tert-OH is 1. The Morgan fingerprint density at radius 1 is 1.17 bits per heavy atom. The lowest BCUT2D eigenvalue weighted by Crippen LogP contribution is -2.41. The number of aliphatic hydroxyl groups is 1. The Morgan fingerprint density at radius 2 is 1.88 bits per heavy atom. The molecule has 3 rings (SSSR count). The third-order valence-electron chi connectivity index (χ3n) is 4.45. The van der Waals surface area contributed by atoms with Crippen LogP contribution in [0.4, 0.5) is 8.78 Å². The van der Waals surface area contributed by atoms with E-state index in [9.17, 15) is 13.9 Å². The van der Waals surface area contributed by atoms with Crippen LogP contribution in [0.15, 0.2) is 42.5 Å². The van der Waals surface area contributed by atoms with E-state index in [-0.39, 0.29) is 18.2 Å². The molecule has 0 aliphatic carbocycles. The second kappa shape index (κ2) is 7.38. The molecule has 2 aromatic carbocycles. The van der Waals surface area contributed by atoms with Crippen molar-refractivity contribution < 1.29 is 18.6 Å². The van der Waals surface area contributed by atoms with Gasteiger partial charge < -0.3 is 9.84 Å². The number of hydrogen-bond donors (Lipinski definition) is 1. The molecule has 2 atom stereocenters. The first-order chi connectivity index (χ1) is 11.6. The number of halogens is 2. The van der Waals surface area contributed by atoms with Crippen molar-refractivity contribution in [3.63, 3.8) is 0 Å². The van der Waals surface area contributed by atoms with Gasteiger partial charge in [0.2, 0.25) is 0 Å². The quantitative estimate of drug-likeness (QED) is 0.931. The maximum Gasteiger partial charge on any atom is 0.131 e. The van der Waals surface area contributed by atoms with Gasteiger partial charge in [-0.25, -0.2) is 8.78 Å². The van der Waals surface area contributed by atoms with Crippen LogP contribution in [0.2, 0.25) is 0 Å². The first kappa shape index (κ1) is 17.0. The molecule has 1 heterocycles. The summed E-state index contributed by atoms with van der Waals surface area (Å²) in [6.07, 6.45) is -1.31. The zero-order chi connectivity index (χ0) is 17.1. The second-order valence-electron chi connectivity index (χ2n) is 6.13. The van der Waals surface area contributed by atoms with E-state index in [1.54, 1.807) is 0 Å². The summed E-state index contributed by atoms with van der Waals surface area (Å²) in [6.45, 7) is 3.92. The van der Waals surface area contributed by atoms with Gasteiger partial charge in [0.05, 0.1) is 24.4 Å². The fraction of sp³-hybridized carbons (Fsp3) is 0.368. The highest BCUT2D eigenvalue weighted by Gasteiger charge is 2.26. The summed E-state index contributed by atoms with van der Waals surface area (Å²) in [4.78, 5) is 1.98. The fourth-order valence-electron chi connectivity index (χ4n) is 3.17. The maximum absolute atomic E-state index is 13.8. The van der Waals surface area contributed by atoms with Gasteiger partial charge in [-0.05, 0) is 30.2 Å². The molecular weight excluding hydrogens is 312 g/mol. The highest BCUT2D eigenvalue weighted by molar-refractivity contribution is 5.28. The van der Waals surface area contributed by atoms with Crippen LogP contribution in [-0.4, -0.2) is 36.2 Å². The van der Waals surface area contributed by atoms with E-state index >= 15 is 0 Å². The molecule has 128 valence electrons. The Labute approximate surface area is 140 Å².